The summed E-state index contributed by atoms with van der Waals surface area (Å²) in [5.74, 6) is 0. The first-order valence-corrected chi connectivity index (χ1v) is 4.59. The van der Waals surface area contributed by atoms with Crippen molar-refractivity contribution in [1.29, 1.82) is 0 Å². The molecule has 2 aromatic rings. The van der Waals surface area contributed by atoms with Crippen LogP contribution in [0.3, 0.4) is 0 Å². The van der Waals surface area contributed by atoms with Crippen molar-refractivity contribution in [2.45, 2.75) is 0 Å². The third-order valence-electron chi connectivity index (χ3n) is 1.97. The summed E-state index contributed by atoms with van der Waals surface area (Å²) in [4.78, 5) is 10.7. The minimum Gasteiger partial charge on any atom is -0.296 e. The molecule has 0 aliphatic heterocycles. The lowest BCUT2D eigenvalue weighted by atomic mass is 10.2. The number of carbonyl (C=O) groups excluding carboxylic acids is 1. The molecule has 0 radical (unpaired) electrons. The average Bonchev–Trinajstić information content (AvgIpc) is 2.43. The molecule has 0 bridgehead atoms. The maximum absolute atomic E-state index is 10.7. The van der Waals surface area contributed by atoms with E-state index in [-0.39, 0.29) is 0 Å². The van der Waals surface area contributed by atoms with Crippen molar-refractivity contribution in [3.8, 4) is 0 Å². The molecule has 2 rings (SSSR count). The van der Waals surface area contributed by atoms with E-state index in [4.69, 9.17) is 0 Å². The molecule has 0 saturated carbocycles. The van der Waals surface area contributed by atoms with Crippen LogP contribution in [-0.2, 0) is 7.05 Å². The number of fused-ring (bicyclic) bond motifs is 1. The summed E-state index contributed by atoms with van der Waals surface area (Å²) in [5.41, 5.74) is 1.43. The highest BCUT2D eigenvalue weighted by atomic mass is 79.9. The molecule has 13 heavy (non-hydrogen) atoms. The van der Waals surface area contributed by atoms with Crippen LogP contribution in [0.5, 0.6) is 0 Å². The Labute approximate surface area is 83.5 Å². The molecule has 0 aliphatic rings. The molecule has 0 amide bonds. The van der Waals surface area contributed by atoms with E-state index in [1.807, 2.05) is 18.2 Å². The van der Waals surface area contributed by atoms with E-state index >= 15 is 0 Å². The molecule has 0 fully saturated rings. The van der Waals surface area contributed by atoms with Gasteiger partial charge in [-0.05, 0) is 22.0 Å². The Morgan fingerprint density at radius 3 is 3.00 bits per heavy atom. The second-order valence-corrected chi connectivity index (χ2v) is 3.62. The Morgan fingerprint density at radius 1 is 1.54 bits per heavy atom. The van der Waals surface area contributed by atoms with Crippen molar-refractivity contribution < 1.29 is 4.79 Å². The van der Waals surface area contributed by atoms with Crippen LogP contribution in [0.15, 0.2) is 22.7 Å². The highest BCUT2D eigenvalue weighted by Crippen LogP contribution is 2.24. The molecule has 0 aliphatic carbocycles. The number of halogens is 1. The van der Waals surface area contributed by atoms with Crippen LogP contribution < -0.4 is 0 Å². The van der Waals surface area contributed by atoms with Gasteiger partial charge in [0.15, 0.2) is 6.29 Å². The van der Waals surface area contributed by atoms with Gasteiger partial charge in [0.2, 0.25) is 0 Å². The summed E-state index contributed by atoms with van der Waals surface area (Å²) in [6, 6.07) is 5.68. The molecule has 1 aromatic heterocycles. The van der Waals surface area contributed by atoms with Crippen LogP contribution in [0.25, 0.3) is 10.9 Å². The fourth-order valence-corrected chi connectivity index (χ4v) is 1.79. The third-order valence-corrected chi connectivity index (χ3v) is 2.61. The molecular formula is C9H7BrN2O. The van der Waals surface area contributed by atoms with E-state index in [0.717, 1.165) is 21.7 Å². The second kappa shape index (κ2) is 2.96. The zero-order chi connectivity index (χ0) is 9.42. The van der Waals surface area contributed by atoms with Crippen LogP contribution in [0, 0.1) is 0 Å². The largest absolute Gasteiger partial charge is 0.296 e. The summed E-state index contributed by atoms with van der Waals surface area (Å²) in [6.07, 6.45) is 0.821. The Kier molecular flexibility index (Phi) is 1.92. The summed E-state index contributed by atoms with van der Waals surface area (Å²) < 4.78 is 2.50. The normalized spacial score (nSPS) is 10.6. The monoisotopic (exact) mass is 238 g/mol. The number of aromatic nitrogens is 2. The molecule has 0 atom stereocenters. The highest BCUT2D eigenvalue weighted by molar-refractivity contribution is 9.10. The van der Waals surface area contributed by atoms with Gasteiger partial charge in [0.1, 0.15) is 11.2 Å². The van der Waals surface area contributed by atoms with E-state index in [1.54, 1.807) is 11.7 Å². The second-order valence-electron chi connectivity index (χ2n) is 2.76. The number of nitrogens with zero attached hydrogens (tertiary/aromatic N) is 2. The summed E-state index contributed by atoms with van der Waals surface area (Å²) in [7, 11) is 1.76. The highest BCUT2D eigenvalue weighted by Gasteiger charge is 2.08. The van der Waals surface area contributed by atoms with Gasteiger partial charge in [-0.25, -0.2) is 0 Å². The van der Waals surface area contributed by atoms with Crippen LogP contribution >= 0.6 is 15.9 Å². The Balaban J connectivity index is 2.93. The molecule has 1 heterocycles. The van der Waals surface area contributed by atoms with Crippen molar-refractivity contribution in [2.24, 2.45) is 7.05 Å². The first-order valence-electron chi connectivity index (χ1n) is 3.80. The number of benzene rings is 1. The number of carbonyl (C=O) groups is 1. The van der Waals surface area contributed by atoms with E-state index in [9.17, 15) is 4.79 Å². The molecule has 1 aromatic carbocycles. The Morgan fingerprint density at radius 2 is 2.31 bits per heavy atom. The minimum absolute atomic E-state index is 0.608. The third kappa shape index (κ3) is 1.18. The Bertz CT molecular complexity index is 476. The Hall–Kier alpha value is -1.16. The van der Waals surface area contributed by atoms with Crippen molar-refractivity contribution in [1.82, 2.24) is 9.78 Å². The van der Waals surface area contributed by atoms with Crippen molar-refractivity contribution >= 4 is 33.1 Å². The quantitative estimate of drug-likeness (QED) is 0.714. The first kappa shape index (κ1) is 8.44. The summed E-state index contributed by atoms with van der Waals surface area (Å²) in [6.45, 7) is 0. The van der Waals surface area contributed by atoms with Gasteiger partial charge in [-0.1, -0.05) is 12.1 Å². The smallest absolute Gasteiger partial charge is 0.168 e. The fourth-order valence-electron chi connectivity index (χ4n) is 1.34. The SMILES string of the molecule is Cn1nc2c(Br)cccc2c1C=O. The molecule has 0 saturated heterocycles. The summed E-state index contributed by atoms with van der Waals surface area (Å²) >= 11 is 3.38. The molecule has 0 unspecified atom stereocenters. The van der Waals surface area contributed by atoms with Gasteiger partial charge in [0, 0.05) is 16.9 Å². The number of aldehydes is 1. The molecular weight excluding hydrogens is 232 g/mol. The fraction of sp³-hybridized carbons (Fsp3) is 0.111. The van der Waals surface area contributed by atoms with Gasteiger partial charge < -0.3 is 0 Å². The van der Waals surface area contributed by atoms with E-state index in [1.165, 1.54) is 0 Å². The maximum Gasteiger partial charge on any atom is 0.168 e. The number of rotatable bonds is 1. The van der Waals surface area contributed by atoms with Crippen molar-refractivity contribution in [2.75, 3.05) is 0 Å². The van der Waals surface area contributed by atoms with Crippen molar-refractivity contribution in [3.63, 3.8) is 0 Å². The van der Waals surface area contributed by atoms with Crippen LogP contribution in [0.2, 0.25) is 0 Å². The van der Waals surface area contributed by atoms with Gasteiger partial charge >= 0.3 is 0 Å². The standard InChI is InChI=1S/C9H7BrN2O/c1-12-8(5-13)6-3-2-4-7(10)9(6)11-12/h2-5H,1H3. The molecule has 0 spiro atoms. The van der Waals surface area contributed by atoms with Gasteiger partial charge in [-0.3, -0.25) is 9.48 Å². The number of aryl methyl sites for hydroxylation is 1. The molecule has 4 heteroatoms. The number of hydrogen-bond acceptors (Lipinski definition) is 2. The minimum atomic E-state index is 0.608. The molecule has 0 N–H and O–H groups in total. The molecule has 66 valence electrons. The van der Waals surface area contributed by atoms with E-state index in [0.29, 0.717) is 5.69 Å². The van der Waals surface area contributed by atoms with Crippen LogP contribution in [0.4, 0.5) is 0 Å². The molecule has 3 nitrogen and oxygen atoms in total. The van der Waals surface area contributed by atoms with Gasteiger partial charge in [-0.2, -0.15) is 5.10 Å². The van der Waals surface area contributed by atoms with Crippen LogP contribution in [0.1, 0.15) is 10.5 Å². The first-order chi connectivity index (χ1) is 6.24. The maximum atomic E-state index is 10.7. The zero-order valence-corrected chi connectivity index (χ0v) is 8.58. The van der Waals surface area contributed by atoms with Gasteiger partial charge in [0.25, 0.3) is 0 Å². The van der Waals surface area contributed by atoms with Gasteiger partial charge in [-0.15, -0.1) is 0 Å². The number of hydrogen-bond donors (Lipinski definition) is 0. The van der Waals surface area contributed by atoms with Crippen molar-refractivity contribution in [3.05, 3.63) is 28.4 Å². The topological polar surface area (TPSA) is 34.9 Å². The predicted octanol–water partition coefficient (Wildman–Crippen LogP) is 2.15. The average molecular weight is 239 g/mol. The van der Waals surface area contributed by atoms with Crippen LogP contribution in [-0.4, -0.2) is 16.1 Å². The van der Waals surface area contributed by atoms with Gasteiger partial charge in [0.05, 0.1) is 0 Å². The summed E-state index contributed by atoms with van der Waals surface area (Å²) in [5, 5.41) is 5.10. The zero-order valence-electron chi connectivity index (χ0n) is 6.99. The lowest BCUT2D eigenvalue weighted by molar-refractivity contribution is 0.111. The lowest BCUT2D eigenvalue weighted by Gasteiger charge is -1.90. The van der Waals surface area contributed by atoms with E-state index < -0.39 is 0 Å². The van der Waals surface area contributed by atoms with E-state index in [2.05, 4.69) is 21.0 Å². The predicted molar refractivity (Wildman–Crippen MR) is 53.8 cm³/mol. The lowest BCUT2D eigenvalue weighted by Crippen LogP contribution is -1.95.